The van der Waals surface area contributed by atoms with E-state index in [4.69, 9.17) is 5.11 Å². The second-order valence-corrected chi connectivity index (χ2v) is 6.07. The lowest BCUT2D eigenvalue weighted by atomic mass is 10.1. The van der Waals surface area contributed by atoms with Crippen LogP contribution < -0.4 is 0 Å². The van der Waals surface area contributed by atoms with Crippen molar-refractivity contribution in [3.8, 4) is 0 Å². The lowest BCUT2D eigenvalue weighted by molar-refractivity contribution is -0.385. The molecule has 110 valence electrons. The molecule has 0 fully saturated rings. The number of carboxylic acid groups (broad SMARTS) is 1. The van der Waals surface area contributed by atoms with Gasteiger partial charge in [-0.2, -0.15) is 4.31 Å². The highest BCUT2D eigenvalue weighted by Crippen LogP contribution is 2.25. The van der Waals surface area contributed by atoms with Crippen molar-refractivity contribution in [2.75, 3.05) is 13.6 Å². The Morgan fingerprint density at radius 2 is 2.05 bits per heavy atom. The zero-order valence-corrected chi connectivity index (χ0v) is 11.8. The maximum atomic E-state index is 12.3. The lowest BCUT2D eigenvalue weighted by Crippen LogP contribution is -2.32. The fourth-order valence-electron chi connectivity index (χ4n) is 1.63. The maximum absolute atomic E-state index is 12.3. The van der Waals surface area contributed by atoms with Crippen LogP contribution in [0.4, 0.5) is 5.69 Å². The molecule has 1 aromatic carbocycles. The molecule has 8 nitrogen and oxygen atoms in total. The molecule has 1 aromatic rings. The number of sulfonamides is 1. The van der Waals surface area contributed by atoms with E-state index < -0.39 is 27.5 Å². The highest BCUT2D eigenvalue weighted by Gasteiger charge is 2.27. The minimum atomic E-state index is -4.08. The van der Waals surface area contributed by atoms with Gasteiger partial charge in [0.05, 0.1) is 9.82 Å². The predicted molar refractivity (Wildman–Crippen MR) is 69.9 cm³/mol. The molecule has 1 N–H and O–H groups in total. The number of benzene rings is 1. The van der Waals surface area contributed by atoms with Crippen molar-refractivity contribution in [2.45, 2.75) is 18.2 Å². The Balaban J connectivity index is 3.38. The number of hydrogen-bond donors (Lipinski definition) is 1. The van der Waals surface area contributed by atoms with Gasteiger partial charge in [-0.1, -0.05) is 13.0 Å². The van der Waals surface area contributed by atoms with Crippen LogP contribution in [0.1, 0.15) is 12.5 Å². The number of hydrogen-bond acceptors (Lipinski definition) is 5. The summed E-state index contributed by atoms with van der Waals surface area (Å²) < 4.78 is 25.2. The Bertz CT molecular complexity index is 640. The average molecular weight is 302 g/mol. The number of aliphatic carboxylic acids is 1. The van der Waals surface area contributed by atoms with Crippen LogP contribution in [0, 0.1) is 10.1 Å². The summed E-state index contributed by atoms with van der Waals surface area (Å²) in [7, 11) is -2.97. The van der Waals surface area contributed by atoms with Crippen LogP contribution in [0.15, 0.2) is 23.1 Å². The van der Waals surface area contributed by atoms with Crippen LogP contribution >= 0.6 is 0 Å². The van der Waals surface area contributed by atoms with Gasteiger partial charge in [0.2, 0.25) is 10.0 Å². The minimum Gasteiger partial charge on any atom is -0.480 e. The number of aryl methyl sites for hydroxylation is 1. The molecule has 0 amide bonds. The SMILES string of the molecule is CCc1ccc([N+](=O)[O-])cc1S(=O)(=O)N(C)CC(=O)O. The molecule has 20 heavy (non-hydrogen) atoms. The van der Waals surface area contributed by atoms with Gasteiger partial charge in [-0.25, -0.2) is 8.42 Å². The molecule has 0 aliphatic heterocycles. The Morgan fingerprint density at radius 3 is 2.50 bits per heavy atom. The Labute approximate surface area is 115 Å². The molecule has 0 radical (unpaired) electrons. The van der Waals surface area contributed by atoms with Crippen molar-refractivity contribution in [1.82, 2.24) is 4.31 Å². The second-order valence-electron chi connectivity index (χ2n) is 4.06. The molecular formula is C11H14N2O6S. The predicted octanol–water partition coefficient (Wildman–Crippen LogP) is 0.862. The molecule has 0 atom stereocenters. The number of non-ortho nitro benzene ring substituents is 1. The summed E-state index contributed by atoms with van der Waals surface area (Å²) in [5.41, 5.74) is 0.0392. The van der Waals surface area contributed by atoms with E-state index in [1.54, 1.807) is 6.92 Å². The van der Waals surface area contributed by atoms with Gasteiger partial charge >= 0.3 is 5.97 Å². The molecule has 0 aliphatic carbocycles. The van der Waals surface area contributed by atoms with Crippen molar-refractivity contribution in [1.29, 1.82) is 0 Å². The zero-order valence-electron chi connectivity index (χ0n) is 10.9. The largest absolute Gasteiger partial charge is 0.480 e. The summed E-state index contributed by atoms with van der Waals surface area (Å²) in [5, 5.41) is 19.4. The van der Waals surface area contributed by atoms with Gasteiger partial charge in [0.15, 0.2) is 0 Å². The first kappa shape index (κ1) is 16.1. The fourth-order valence-corrected chi connectivity index (χ4v) is 3.06. The van der Waals surface area contributed by atoms with Crippen LogP contribution in [-0.2, 0) is 21.2 Å². The molecule has 0 bridgehead atoms. The number of nitro groups is 1. The highest BCUT2D eigenvalue weighted by molar-refractivity contribution is 7.89. The van der Waals surface area contributed by atoms with Gasteiger partial charge in [0, 0.05) is 19.2 Å². The van der Waals surface area contributed by atoms with Crippen LogP contribution in [0.2, 0.25) is 0 Å². The van der Waals surface area contributed by atoms with Crippen LogP contribution in [0.3, 0.4) is 0 Å². The third kappa shape index (κ3) is 3.31. The van der Waals surface area contributed by atoms with E-state index in [0.29, 0.717) is 16.3 Å². The Hall–Kier alpha value is -2.00. The number of nitro benzene ring substituents is 1. The van der Waals surface area contributed by atoms with Crippen molar-refractivity contribution in [2.24, 2.45) is 0 Å². The standard InChI is InChI=1S/C11H14N2O6S/c1-3-8-4-5-9(13(16)17)6-10(8)20(18,19)12(2)7-11(14)15/h4-6H,3,7H2,1-2H3,(H,14,15). The third-order valence-electron chi connectivity index (χ3n) is 2.69. The number of nitrogens with zero attached hydrogens (tertiary/aromatic N) is 2. The molecule has 0 saturated carbocycles. The molecular weight excluding hydrogens is 288 g/mol. The first-order valence-electron chi connectivity index (χ1n) is 5.65. The molecule has 0 aliphatic rings. The van der Waals surface area contributed by atoms with Gasteiger partial charge < -0.3 is 5.11 Å². The molecule has 9 heteroatoms. The monoisotopic (exact) mass is 302 g/mol. The zero-order chi connectivity index (χ0) is 15.5. The van der Waals surface area contributed by atoms with E-state index in [-0.39, 0.29) is 10.6 Å². The number of rotatable bonds is 6. The van der Waals surface area contributed by atoms with E-state index in [2.05, 4.69) is 0 Å². The number of carbonyl (C=O) groups is 1. The van der Waals surface area contributed by atoms with Crippen molar-refractivity contribution in [3.05, 3.63) is 33.9 Å². The second kappa shape index (κ2) is 5.97. The van der Waals surface area contributed by atoms with Crippen LogP contribution in [0.5, 0.6) is 0 Å². The van der Waals surface area contributed by atoms with E-state index in [0.717, 1.165) is 13.1 Å². The quantitative estimate of drug-likeness (QED) is 0.615. The van der Waals surface area contributed by atoms with Gasteiger partial charge in [0.25, 0.3) is 5.69 Å². The van der Waals surface area contributed by atoms with Gasteiger partial charge in [0.1, 0.15) is 6.54 Å². The molecule has 0 saturated heterocycles. The summed E-state index contributed by atoms with van der Waals surface area (Å²) in [5.74, 6) is -1.31. The van der Waals surface area contributed by atoms with Gasteiger partial charge in [-0.15, -0.1) is 0 Å². The van der Waals surface area contributed by atoms with Crippen LogP contribution in [-0.4, -0.2) is 42.3 Å². The lowest BCUT2D eigenvalue weighted by Gasteiger charge is -2.17. The molecule has 0 spiro atoms. The fraction of sp³-hybridized carbons (Fsp3) is 0.364. The molecule has 1 rings (SSSR count). The summed E-state index contributed by atoms with van der Waals surface area (Å²) in [6.07, 6.45) is 0.355. The van der Waals surface area contributed by atoms with E-state index in [1.165, 1.54) is 12.1 Å². The van der Waals surface area contributed by atoms with E-state index in [9.17, 15) is 23.3 Å². The molecule has 0 heterocycles. The molecule has 0 aromatic heterocycles. The Morgan fingerprint density at radius 1 is 1.45 bits per heavy atom. The average Bonchev–Trinajstić information content (AvgIpc) is 2.36. The van der Waals surface area contributed by atoms with Crippen molar-refractivity contribution in [3.63, 3.8) is 0 Å². The minimum absolute atomic E-state index is 0.238. The molecule has 0 unspecified atom stereocenters. The number of likely N-dealkylation sites (N-methyl/N-ethyl adjacent to an activating group) is 1. The topological polar surface area (TPSA) is 118 Å². The summed E-state index contributed by atoms with van der Waals surface area (Å²) >= 11 is 0. The van der Waals surface area contributed by atoms with Gasteiger partial charge in [-0.3, -0.25) is 14.9 Å². The van der Waals surface area contributed by atoms with Crippen molar-refractivity contribution < 1.29 is 23.2 Å². The first-order chi connectivity index (χ1) is 9.20. The summed E-state index contributed by atoms with van der Waals surface area (Å²) in [6.45, 7) is 0.992. The van der Waals surface area contributed by atoms with Crippen molar-refractivity contribution >= 4 is 21.7 Å². The first-order valence-corrected chi connectivity index (χ1v) is 7.09. The van der Waals surface area contributed by atoms with Crippen LogP contribution in [0.25, 0.3) is 0 Å². The third-order valence-corrected chi connectivity index (χ3v) is 4.57. The Kier molecular flexibility index (Phi) is 4.79. The van der Waals surface area contributed by atoms with Gasteiger partial charge in [-0.05, 0) is 12.0 Å². The highest BCUT2D eigenvalue weighted by atomic mass is 32.2. The van der Waals surface area contributed by atoms with E-state index >= 15 is 0 Å². The maximum Gasteiger partial charge on any atom is 0.318 e. The van der Waals surface area contributed by atoms with E-state index in [1.807, 2.05) is 0 Å². The summed E-state index contributed by atoms with van der Waals surface area (Å²) in [6, 6.07) is 3.53. The normalized spacial score (nSPS) is 11.6. The smallest absolute Gasteiger partial charge is 0.318 e. The number of carboxylic acids is 1. The summed E-state index contributed by atoms with van der Waals surface area (Å²) in [4.78, 5) is 20.4.